The number of ether oxygens (including phenoxy) is 1. The minimum absolute atomic E-state index is 0.104. The van der Waals surface area contributed by atoms with Crippen LogP contribution >= 0.6 is 0 Å². The van der Waals surface area contributed by atoms with Gasteiger partial charge in [0.25, 0.3) is 0 Å². The number of amides is 1. The summed E-state index contributed by atoms with van der Waals surface area (Å²) in [4.78, 5) is 24.1. The zero-order valence-corrected chi connectivity index (χ0v) is 14.3. The summed E-state index contributed by atoms with van der Waals surface area (Å²) < 4.78 is 5.21. The second-order valence-corrected chi connectivity index (χ2v) is 7.02. The minimum Gasteiger partial charge on any atom is -0.445 e. The van der Waals surface area contributed by atoms with E-state index in [1.54, 1.807) is 0 Å². The van der Waals surface area contributed by atoms with E-state index in [1.165, 1.54) is 0 Å². The van der Waals surface area contributed by atoms with Crippen molar-refractivity contribution in [3.05, 3.63) is 35.9 Å². The van der Waals surface area contributed by atoms with Crippen LogP contribution < -0.4 is 5.32 Å². The minimum atomic E-state index is -0.458. The summed E-state index contributed by atoms with van der Waals surface area (Å²) >= 11 is 0. The highest BCUT2D eigenvalue weighted by Crippen LogP contribution is 2.43. The van der Waals surface area contributed by atoms with E-state index in [4.69, 9.17) is 4.74 Å². The Morgan fingerprint density at radius 2 is 2.00 bits per heavy atom. The molecular formula is C19H27NO3. The van der Waals surface area contributed by atoms with Gasteiger partial charge in [0.1, 0.15) is 12.4 Å². The Balaban J connectivity index is 1.85. The molecule has 2 atom stereocenters. The molecule has 0 bridgehead atoms. The highest BCUT2D eigenvalue weighted by Gasteiger charge is 2.42. The fraction of sp³-hybridized carbons (Fsp3) is 0.579. The first-order chi connectivity index (χ1) is 10.9. The number of hydrogen-bond acceptors (Lipinski definition) is 3. The van der Waals surface area contributed by atoms with Gasteiger partial charge in [-0.05, 0) is 23.3 Å². The third-order valence-corrected chi connectivity index (χ3v) is 5.04. The molecule has 2 rings (SSSR count). The van der Waals surface area contributed by atoms with Crippen molar-refractivity contribution in [1.29, 1.82) is 0 Å². The van der Waals surface area contributed by atoms with Crippen molar-refractivity contribution in [3.8, 4) is 0 Å². The van der Waals surface area contributed by atoms with E-state index in [2.05, 4.69) is 26.1 Å². The number of carbonyl (C=O) groups excluding carboxylic acids is 2. The zero-order chi connectivity index (χ0) is 16.9. The lowest BCUT2D eigenvalue weighted by Crippen LogP contribution is -2.45. The molecule has 0 radical (unpaired) electrons. The van der Waals surface area contributed by atoms with Gasteiger partial charge >= 0.3 is 6.09 Å². The van der Waals surface area contributed by atoms with Gasteiger partial charge in [-0.25, -0.2) is 4.79 Å². The average molecular weight is 317 g/mol. The zero-order valence-electron chi connectivity index (χ0n) is 14.3. The quantitative estimate of drug-likeness (QED) is 0.895. The summed E-state index contributed by atoms with van der Waals surface area (Å²) in [6.07, 6.45) is 2.03. The van der Waals surface area contributed by atoms with Gasteiger partial charge in [0.15, 0.2) is 0 Å². The van der Waals surface area contributed by atoms with Gasteiger partial charge in [0, 0.05) is 18.9 Å². The van der Waals surface area contributed by atoms with E-state index in [9.17, 15) is 9.59 Å². The van der Waals surface area contributed by atoms with Gasteiger partial charge in [-0.3, -0.25) is 4.79 Å². The highest BCUT2D eigenvalue weighted by molar-refractivity contribution is 5.83. The van der Waals surface area contributed by atoms with Crippen molar-refractivity contribution in [3.63, 3.8) is 0 Å². The molecule has 1 fully saturated rings. The topological polar surface area (TPSA) is 55.4 Å². The van der Waals surface area contributed by atoms with Gasteiger partial charge in [0.2, 0.25) is 0 Å². The first kappa shape index (κ1) is 17.5. The number of rotatable bonds is 5. The predicted octanol–water partition coefficient (Wildman–Crippen LogP) is 3.94. The molecule has 0 saturated heterocycles. The van der Waals surface area contributed by atoms with E-state index < -0.39 is 6.09 Å². The molecule has 1 N–H and O–H groups in total. The summed E-state index contributed by atoms with van der Waals surface area (Å²) in [6.45, 7) is 7.16. The Kier molecular flexibility index (Phi) is 5.80. The molecule has 1 amide bonds. The van der Waals surface area contributed by atoms with Crippen LogP contribution in [-0.2, 0) is 16.1 Å². The van der Waals surface area contributed by atoms with Crippen molar-refractivity contribution in [1.82, 2.24) is 5.32 Å². The smallest absolute Gasteiger partial charge is 0.407 e. The molecule has 126 valence electrons. The fourth-order valence-electron chi connectivity index (χ4n) is 3.65. The third kappa shape index (κ3) is 4.57. The number of alkyl carbamates (subject to hydrolysis) is 1. The molecule has 0 aromatic heterocycles. The number of carbonyl (C=O) groups is 2. The van der Waals surface area contributed by atoms with Gasteiger partial charge < -0.3 is 10.1 Å². The Morgan fingerprint density at radius 1 is 1.30 bits per heavy atom. The molecule has 0 unspecified atom stereocenters. The molecule has 1 aliphatic carbocycles. The lowest BCUT2D eigenvalue weighted by atomic mass is 9.62. The van der Waals surface area contributed by atoms with Crippen LogP contribution in [-0.4, -0.2) is 18.4 Å². The second-order valence-electron chi connectivity index (χ2n) is 7.02. The predicted molar refractivity (Wildman–Crippen MR) is 89.9 cm³/mol. The monoisotopic (exact) mass is 317 g/mol. The Labute approximate surface area is 138 Å². The summed E-state index contributed by atoms with van der Waals surface area (Å²) in [5.74, 6) is 0.464. The molecule has 4 nitrogen and oxygen atoms in total. The highest BCUT2D eigenvalue weighted by atomic mass is 16.5. The normalized spacial score (nSPS) is 23.3. The van der Waals surface area contributed by atoms with Crippen molar-refractivity contribution in [2.45, 2.75) is 46.6 Å². The van der Waals surface area contributed by atoms with E-state index in [0.717, 1.165) is 18.4 Å². The van der Waals surface area contributed by atoms with Crippen molar-refractivity contribution in [2.24, 2.45) is 17.3 Å². The van der Waals surface area contributed by atoms with Crippen LogP contribution in [0.25, 0.3) is 0 Å². The van der Waals surface area contributed by atoms with Crippen molar-refractivity contribution >= 4 is 11.9 Å². The molecular weight excluding hydrogens is 290 g/mol. The van der Waals surface area contributed by atoms with Gasteiger partial charge in [0.05, 0.1) is 0 Å². The lowest BCUT2D eigenvalue weighted by molar-refractivity contribution is -0.130. The molecule has 0 aliphatic heterocycles. The maximum absolute atomic E-state index is 12.3. The lowest BCUT2D eigenvalue weighted by Gasteiger charge is -2.43. The number of ketones is 1. The first-order valence-corrected chi connectivity index (χ1v) is 8.41. The molecule has 0 heterocycles. The SMILES string of the molecule is CC[C@H]1[C@H](CNC(=O)OCc2ccccc2)C(=O)CCC1(C)C. The summed E-state index contributed by atoms with van der Waals surface area (Å²) in [6, 6.07) is 9.56. The van der Waals surface area contributed by atoms with Gasteiger partial charge in [-0.15, -0.1) is 0 Å². The molecule has 1 aromatic rings. The molecule has 0 spiro atoms. The number of Topliss-reactive ketones (excluding diaryl/α,β-unsaturated/α-hetero) is 1. The largest absolute Gasteiger partial charge is 0.445 e. The number of hydrogen-bond donors (Lipinski definition) is 1. The van der Waals surface area contributed by atoms with E-state index in [-0.39, 0.29) is 23.7 Å². The Morgan fingerprint density at radius 3 is 2.65 bits per heavy atom. The number of nitrogens with one attached hydrogen (secondary N) is 1. The Bertz CT molecular complexity index is 539. The van der Waals surface area contributed by atoms with Crippen LogP contribution in [0.3, 0.4) is 0 Å². The average Bonchev–Trinajstić information content (AvgIpc) is 2.54. The van der Waals surface area contributed by atoms with Crippen LogP contribution in [0.2, 0.25) is 0 Å². The van der Waals surface area contributed by atoms with Crippen molar-refractivity contribution in [2.75, 3.05) is 6.54 Å². The van der Waals surface area contributed by atoms with Gasteiger partial charge in [-0.2, -0.15) is 0 Å². The van der Waals surface area contributed by atoms with Gasteiger partial charge in [-0.1, -0.05) is 57.5 Å². The first-order valence-electron chi connectivity index (χ1n) is 8.41. The maximum atomic E-state index is 12.3. The molecule has 23 heavy (non-hydrogen) atoms. The van der Waals surface area contributed by atoms with Crippen LogP contribution in [0.5, 0.6) is 0 Å². The fourth-order valence-corrected chi connectivity index (χ4v) is 3.65. The molecule has 1 aromatic carbocycles. The standard InChI is InChI=1S/C19H27NO3/c1-4-16-15(17(21)10-11-19(16,2)3)12-20-18(22)23-13-14-8-6-5-7-9-14/h5-9,15-16H,4,10-13H2,1-3H3,(H,20,22)/t15-,16-/m0/s1. The van der Waals surface area contributed by atoms with E-state index in [1.807, 2.05) is 30.3 Å². The van der Waals surface area contributed by atoms with E-state index >= 15 is 0 Å². The molecule has 4 heteroatoms. The van der Waals surface area contributed by atoms with Crippen LogP contribution in [0.4, 0.5) is 4.79 Å². The van der Waals surface area contributed by atoms with Crippen LogP contribution in [0.1, 0.15) is 45.6 Å². The molecule has 1 saturated carbocycles. The summed E-state index contributed by atoms with van der Waals surface area (Å²) in [5, 5.41) is 2.77. The maximum Gasteiger partial charge on any atom is 0.407 e. The Hall–Kier alpha value is -1.84. The summed E-state index contributed by atoms with van der Waals surface area (Å²) in [7, 11) is 0. The number of benzene rings is 1. The van der Waals surface area contributed by atoms with Crippen LogP contribution in [0.15, 0.2) is 30.3 Å². The second kappa shape index (κ2) is 7.62. The van der Waals surface area contributed by atoms with Crippen LogP contribution in [0, 0.1) is 17.3 Å². The third-order valence-electron chi connectivity index (χ3n) is 5.04. The van der Waals surface area contributed by atoms with Crippen molar-refractivity contribution < 1.29 is 14.3 Å². The summed E-state index contributed by atoms with van der Waals surface area (Å²) in [5.41, 5.74) is 1.09. The molecule has 1 aliphatic rings. The van der Waals surface area contributed by atoms with E-state index in [0.29, 0.717) is 18.9 Å².